The van der Waals surface area contributed by atoms with Crippen LogP contribution in [0.5, 0.6) is 5.75 Å². The number of carboxylic acids is 1. The first-order valence-corrected chi connectivity index (χ1v) is 10.5. The number of hydrogen-bond acceptors (Lipinski definition) is 5. The van der Waals surface area contributed by atoms with Crippen LogP contribution in [0.25, 0.3) is 0 Å². The minimum Gasteiger partial charge on any atom is -0.497 e. The summed E-state index contributed by atoms with van der Waals surface area (Å²) in [5, 5.41) is 12.3. The van der Waals surface area contributed by atoms with Gasteiger partial charge in [0, 0.05) is 12.6 Å². The second-order valence-corrected chi connectivity index (χ2v) is 8.20. The summed E-state index contributed by atoms with van der Waals surface area (Å²) >= 11 is 0. The maximum Gasteiger partial charge on any atom is 0.335 e. The summed E-state index contributed by atoms with van der Waals surface area (Å²) in [4.78, 5) is 11.2. The molecule has 152 valence electrons. The van der Waals surface area contributed by atoms with E-state index in [1.54, 1.807) is 7.11 Å². The van der Waals surface area contributed by atoms with Gasteiger partial charge in [-0.2, -0.15) is 0 Å². The molecular formula is C20H26N2O5S. The molecule has 0 aliphatic carbocycles. The lowest BCUT2D eigenvalue weighted by atomic mass is 10.1. The Morgan fingerprint density at radius 3 is 2.43 bits per heavy atom. The highest BCUT2D eigenvalue weighted by Gasteiger charge is 2.21. The third-order valence-corrected chi connectivity index (χ3v) is 5.90. The fourth-order valence-corrected chi connectivity index (χ4v) is 3.79. The number of methoxy groups -OCH3 is 1. The van der Waals surface area contributed by atoms with Crippen molar-refractivity contribution < 1.29 is 23.1 Å². The minimum atomic E-state index is -3.88. The van der Waals surface area contributed by atoms with Crippen LogP contribution in [-0.2, 0) is 16.4 Å². The molecule has 0 aromatic heterocycles. The van der Waals surface area contributed by atoms with Crippen LogP contribution in [0.2, 0.25) is 0 Å². The molecule has 0 saturated carbocycles. The Kier molecular flexibility index (Phi) is 7.42. The molecule has 1 atom stereocenters. The van der Waals surface area contributed by atoms with Gasteiger partial charge in [0.2, 0.25) is 10.0 Å². The molecule has 2 aromatic carbocycles. The molecule has 2 aromatic rings. The number of rotatable bonds is 10. The average molecular weight is 407 g/mol. The number of anilines is 1. The number of nitrogens with one attached hydrogen (secondary N) is 2. The third kappa shape index (κ3) is 5.71. The van der Waals surface area contributed by atoms with E-state index in [4.69, 9.17) is 4.74 Å². The van der Waals surface area contributed by atoms with E-state index in [-0.39, 0.29) is 23.0 Å². The number of hydrogen-bond donors (Lipinski definition) is 3. The molecule has 1 unspecified atom stereocenters. The molecular weight excluding hydrogens is 380 g/mol. The Morgan fingerprint density at radius 1 is 1.18 bits per heavy atom. The van der Waals surface area contributed by atoms with Crippen molar-refractivity contribution in [3.63, 3.8) is 0 Å². The lowest BCUT2D eigenvalue weighted by Gasteiger charge is -2.18. The predicted molar refractivity (Wildman–Crippen MR) is 109 cm³/mol. The Bertz CT molecular complexity index is 911. The van der Waals surface area contributed by atoms with Crippen LogP contribution in [0.3, 0.4) is 0 Å². The molecule has 0 spiro atoms. The zero-order valence-electron chi connectivity index (χ0n) is 16.2. The highest BCUT2D eigenvalue weighted by Crippen LogP contribution is 2.24. The van der Waals surface area contributed by atoms with Gasteiger partial charge < -0.3 is 15.2 Å². The van der Waals surface area contributed by atoms with Crippen molar-refractivity contribution >= 4 is 21.7 Å². The van der Waals surface area contributed by atoms with Gasteiger partial charge in [0.1, 0.15) is 10.6 Å². The van der Waals surface area contributed by atoms with Crippen LogP contribution in [0.4, 0.5) is 5.69 Å². The normalized spacial score (nSPS) is 12.4. The Labute approximate surface area is 165 Å². The summed E-state index contributed by atoms with van der Waals surface area (Å²) in [6, 6.07) is 11.5. The lowest BCUT2D eigenvalue weighted by molar-refractivity contribution is 0.0696. The largest absolute Gasteiger partial charge is 0.497 e. The molecule has 7 nitrogen and oxygen atoms in total. The maximum absolute atomic E-state index is 12.8. The number of aromatic carboxylic acids is 1. The first-order chi connectivity index (χ1) is 13.3. The molecule has 3 N–H and O–H groups in total. The fraction of sp³-hybridized carbons (Fsp3) is 0.350. The summed E-state index contributed by atoms with van der Waals surface area (Å²) in [6.07, 6.45) is 1.29. The molecule has 0 saturated heterocycles. The predicted octanol–water partition coefficient (Wildman–Crippen LogP) is 3.12. The first kappa shape index (κ1) is 21.7. The number of ether oxygens (including phenoxy) is 1. The average Bonchev–Trinajstić information content (AvgIpc) is 2.68. The molecule has 28 heavy (non-hydrogen) atoms. The minimum absolute atomic E-state index is 0.0453. The Morgan fingerprint density at radius 2 is 1.86 bits per heavy atom. The van der Waals surface area contributed by atoms with Gasteiger partial charge in [-0.3, -0.25) is 0 Å². The van der Waals surface area contributed by atoms with Gasteiger partial charge in [-0.25, -0.2) is 17.9 Å². The third-order valence-electron chi connectivity index (χ3n) is 4.40. The summed E-state index contributed by atoms with van der Waals surface area (Å²) in [7, 11) is -2.30. The molecule has 0 bridgehead atoms. The van der Waals surface area contributed by atoms with Gasteiger partial charge in [0.25, 0.3) is 0 Å². The van der Waals surface area contributed by atoms with Gasteiger partial charge in [-0.05, 0) is 55.7 Å². The number of carbonyl (C=O) groups is 1. The topological polar surface area (TPSA) is 105 Å². The molecule has 0 aliphatic rings. The van der Waals surface area contributed by atoms with Crippen molar-refractivity contribution in [1.82, 2.24) is 4.72 Å². The lowest BCUT2D eigenvalue weighted by Crippen LogP contribution is -2.28. The molecule has 0 aliphatic heterocycles. The van der Waals surface area contributed by atoms with E-state index >= 15 is 0 Å². The van der Waals surface area contributed by atoms with Crippen molar-refractivity contribution in [1.29, 1.82) is 0 Å². The zero-order valence-corrected chi connectivity index (χ0v) is 17.0. The van der Waals surface area contributed by atoms with Crippen LogP contribution >= 0.6 is 0 Å². The van der Waals surface area contributed by atoms with Gasteiger partial charge in [0.05, 0.1) is 18.4 Å². The summed E-state index contributed by atoms with van der Waals surface area (Å²) in [6.45, 7) is 4.10. The van der Waals surface area contributed by atoms with Crippen LogP contribution in [-0.4, -0.2) is 39.2 Å². The smallest absolute Gasteiger partial charge is 0.335 e. The highest BCUT2D eigenvalue weighted by atomic mass is 32.2. The zero-order chi connectivity index (χ0) is 20.7. The SMILES string of the molecule is CCC(C)Nc1ccc(C(=O)O)cc1S(=O)(=O)NCCc1ccc(OC)cc1. The molecule has 0 amide bonds. The molecule has 8 heteroatoms. The summed E-state index contributed by atoms with van der Waals surface area (Å²) in [5.74, 6) is -0.444. The van der Waals surface area contributed by atoms with Gasteiger partial charge >= 0.3 is 5.97 Å². The van der Waals surface area contributed by atoms with Crippen molar-refractivity contribution in [2.45, 2.75) is 37.6 Å². The molecule has 0 fully saturated rings. The van der Waals surface area contributed by atoms with Gasteiger partial charge in [0.15, 0.2) is 0 Å². The first-order valence-electron chi connectivity index (χ1n) is 9.03. The molecule has 2 rings (SSSR count). The van der Waals surface area contributed by atoms with E-state index in [1.165, 1.54) is 18.2 Å². The van der Waals surface area contributed by atoms with E-state index < -0.39 is 16.0 Å². The Balaban J connectivity index is 2.19. The summed E-state index contributed by atoms with van der Waals surface area (Å²) in [5.41, 5.74) is 1.27. The summed E-state index contributed by atoms with van der Waals surface area (Å²) < 4.78 is 33.3. The second kappa shape index (κ2) is 9.57. The van der Waals surface area contributed by atoms with Crippen molar-refractivity contribution in [3.05, 3.63) is 53.6 Å². The molecule has 0 heterocycles. The standard InChI is InChI=1S/C20H26N2O5S/c1-4-14(2)22-18-10-7-16(20(23)24)13-19(18)28(25,26)21-12-11-15-5-8-17(27-3)9-6-15/h5-10,13-14,21-22H,4,11-12H2,1-3H3,(H,23,24). The van der Waals surface area contributed by atoms with E-state index in [0.717, 1.165) is 17.7 Å². The van der Waals surface area contributed by atoms with E-state index in [1.807, 2.05) is 38.1 Å². The number of benzene rings is 2. The number of carboxylic acid groups (broad SMARTS) is 1. The van der Waals surface area contributed by atoms with E-state index in [9.17, 15) is 18.3 Å². The van der Waals surface area contributed by atoms with Crippen LogP contribution in [0, 0.1) is 0 Å². The molecule has 0 radical (unpaired) electrons. The number of sulfonamides is 1. The quantitative estimate of drug-likeness (QED) is 0.560. The van der Waals surface area contributed by atoms with Gasteiger partial charge in [-0.1, -0.05) is 19.1 Å². The van der Waals surface area contributed by atoms with Crippen molar-refractivity contribution in [3.8, 4) is 5.75 Å². The maximum atomic E-state index is 12.8. The van der Waals surface area contributed by atoms with E-state index in [0.29, 0.717) is 12.1 Å². The van der Waals surface area contributed by atoms with Crippen LogP contribution < -0.4 is 14.8 Å². The second-order valence-electron chi connectivity index (χ2n) is 6.47. The van der Waals surface area contributed by atoms with Crippen LogP contribution in [0.15, 0.2) is 47.4 Å². The monoisotopic (exact) mass is 406 g/mol. The van der Waals surface area contributed by atoms with Crippen molar-refractivity contribution in [2.24, 2.45) is 0 Å². The Hall–Kier alpha value is -2.58. The van der Waals surface area contributed by atoms with Crippen molar-refractivity contribution in [2.75, 3.05) is 19.0 Å². The van der Waals surface area contributed by atoms with E-state index in [2.05, 4.69) is 10.0 Å². The highest BCUT2D eigenvalue weighted by molar-refractivity contribution is 7.89. The fourth-order valence-electron chi connectivity index (χ4n) is 2.56. The van der Waals surface area contributed by atoms with Gasteiger partial charge in [-0.15, -0.1) is 0 Å². The van der Waals surface area contributed by atoms with Crippen LogP contribution in [0.1, 0.15) is 36.2 Å².